The molecule has 0 N–H and O–H groups in total. The summed E-state index contributed by atoms with van der Waals surface area (Å²) in [7, 11) is 2.22. The van der Waals surface area contributed by atoms with E-state index in [2.05, 4.69) is 22.9 Å². The van der Waals surface area contributed by atoms with Crippen LogP contribution in [0.1, 0.15) is 30.6 Å². The van der Waals surface area contributed by atoms with E-state index in [4.69, 9.17) is 0 Å². The van der Waals surface area contributed by atoms with Crippen molar-refractivity contribution in [2.24, 2.45) is 0 Å². The Balaban J connectivity index is 1.66. The molecule has 19 heavy (non-hydrogen) atoms. The maximum atomic E-state index is 12.4. The fraction of sp³-hybridized carbons (Fsp3) is 0.667. The number of likely N-dealkylation sites (N-methyl/N-ethyl adjacent to an activating group) is 1. The van der Waals surface area contributed by atoms with E-state index in [1.165, 1.54) is 30.7 Å². The summed E-state index contributed by atoms with van der Waals surface area (Å²) in [6, 6.07) is 4.08. The Morgan fingerprint density at radius 3 is 2.84 bits per heavy atom. The van der Waals surface area contributed by atoms with Gasteiger partial charge < -0.3 is 4.90 Å². The van der Waals surface area contributed by atoms with Crippen LogP contribution in [0.15, 0.2) is 17.5 Å². The third-order valence-electron chi connectivity index (χ3n) is 4.76. The van der Waals surface area contributed by atoms with Crippen LogP contribution in [-0.4, -0.2) is 47.9 Å². The van der Waals surface area contributed by atoms with Crippen LogP contribution in [0.4, 0.5) is 0 Å². The molecular weight excluding hydrogens is 256 g/mol. The molecule has 1 aromatic rings. The number of carbonyl (C=O) groups is 1. The number of amides is 1. The molecule has 0 unspecified atom stereocenters. The Bertz CT molecular complexity index is 445. The van der Waals surface area contributed by atoms with Crippen molar-refractivity contribution in [3.63, 3.8) is 0 Å². The van der Waals surface area contributed by atoms with Crippen molar-refractivity contribution < 1.29 is 4.79 Å². The van der Waals surface area contributed by atoms with Gasteiger partial charge in [-0.2, -0.15) is 0 Å². The van der Waals surface area contributed by atoms with Crippen molar-refractivity contribution in [2.45, 2.75) is 37.6 Å². The summed E-state index contributed by atoms with van der Waals surface area (Å²) in [5, 5.41) is 2.05. The summed E-state index contributed by atoms with van der Waals surface area (Å²) in [6.07, 6.45) is 5.53. The van der Waals surface area contributed by atoms with Gasteiger partial charge in [0.1, 0.15) is 0 Å². The number of piperidine rings is 1. The highest BCUT2D eigenvalue weighted by Crippen LogP contribution is 2.36. The monoisotopic (exact) mass is 278 g/mol. The highest BCUT2D eigenvalue weighted by molar-refractivity contribution is 7.10. The highest BCUT2D eigenvalue weighted by Gasteiger charge is 2.42. The summed E-state index contributed by atoms with van der Waals surface area (Å²) in [5.41, 5.74) is 0.281. The zero-order chi connectivity index (χ0) is 13.3. The van der Waals surface area contributed by atoms with Gasteiger partial charge >= 0.3 is 0 Å². The first-order valence-electron chi connectivity index (χ1n) is 7.21. The lowest BCUT2D eigenvalue weighted by Crippen LogP contribution is -2.55. The summed E-state index contributed by atoms with van der Waals surface area (Å²) >= 11 is 1.68. The van der Waals surface area contributed by atoms with Gasteiger partial charge in [-0.1, -0.05) is 6.07 Å². The molecule has 0 aromatic carbocycles. The number of rotatable bonds is 2. The fourth-order valence-corrected chi connectivity index (χ4v) is 4.28. The number of hydrogen-bond donors (Lipinski definition) is 0. The number of thiophene rings is 1. The zero-order valence-electron chi connectivity index (χ0n) is 11.6. The molecule has 0 aliphatic carbocycles. The molecule has 1 spiro atoms. The number of carbonyl (C=O) groups excluding carboxylic acids is 1. The lowest BCUT2D eigenvalue weighted by Gasteiger charge is -2.44. The van der Waals surface area contributed by atoms with Crippen LogP contribution in [0, 0.1) is 0 Å². The minimum atomic E-state index is 0.281. The molecule has 2 fully saturated rings. The normalized spacial score (nSPS) is 28.2. The Kier molecular flexibility index (Phi) is 3.63. The maximum Gasteiger partial charge on any atom is 0.227 e. The van der Waals surface area contributed by atoms with Gasteiger partial charge in [0, 0.05) is 23.5 Å². The SMILES string of the molecule is CN1CCC[C@@]12CCCN(C(=O)Cc1cccs1)C2. The molecule has 3 rings (SSSR count). The average molecular weight is 278 g/mol. The predicted octanol–water partition coefficient (Wildman–Crippen LogP) is 2.38. The van der Waals surface area contributed by atoms with E-state index in [1.807, 2.05) is 11.4 Å². The molecule has 0 saturated carbocycles. The first-order valence-corrected chi connectivity index (χ1v) is 8.09. The topological polar surface area (TPSA) is 23.6 Å². The highest BCUT2D eigenvalue weighted by atomic mass is 32.1. The zero-order valence-corrected chi connectivity index (χ0v) is 12.4. The van der Waals surface area contributed by atoms with Gasteiger partial charge in [-0.05, 0) is 50.7 Å². The minimum absolute atomic E-state index is 0.281. The molecule has 0 bridgehead atoms. The molecule has 1 aromatic heterocycles. The van der Waals surface area contributed by atoms with Crippen molar-refractivity contribution in [3.8, 4) is 0 Å². The van der Waals surface area contributed by atoms with Crippen molar-refractivity contribution in [3.05, 3.63) is 22.4 Å². The van der Waals surface area contributed by atoms with Crippen molar-refractivity contribution >= 4 is 17.2 Å². The molecule has 2 saturated heterocycles. The van der Waals surface area contributed by atoms with E-state index in [1.54, 1.807) is 11.3 Å². The predicted molar refractivity (Wildman–Crippen MR) is 78.4 cm³/mol. The fourth-order valence-electron chi connectivity index (χ4n) is 3.59. The van der Waals surface area contributed by atoms with E-state index in [0.29, 0.717) is 12.3 Å². The third kappa shape index (κ3) is 2.56. The van der Waals surface area contributed by atoms with E-state index in [-0.39, 0.29) is 5.54 Å². The van der Waals surface area contributed by atoms with Gasteiger partial charge in [0.25, 0.3) is 0 Å². The van der Waals surface area contributed by atoms with E-state index < -0.39 is 0 Å². The van der Waals surface area contributed by atoms with E-state index >= 15 is 0 Å². The largest absolute Gasteiger partial charge is 0.341 e. The Morgan fingerprint density at radius 1 is 1.37 bits per heavy atom. The van der Waals surface area contributed by atoms with Crippen LogP contribution in [0.2, 0.25) is 0 Å². The standard InChI is InChI=1S/C15H22N2OS/c1-16-8-3-6-15(16)7-4-9-17(12-15)14(18)11-13-5-2-10-19-13/h2,5,10H,3-4,6-9,11-12H2,1H3/t15-/m0/s1. The maximum absolute atomic E-state index is 12.4. The minimum Gasteiger partial charge on any atom is -0.341 e. The molecule has 4 heteroatoms. The van der Waals surface area contributed by atoms with Gasteiger partial charge in [-0.15, -0.1) is 11.3 Å². The molecule has 104 valence electrons. The van der Waals surface area contributed by atoms with Gasteiger partial charge in [0.15, 0.2) is 0 Å². The molecule has 3 nitrogen and oxygen atoms in total. The van der Waals surface area contributed by atoms with Crippen LogP contribution in [-0.2, 0) is 11.2 Å². The molecule has 2 aliphatic heterocycles. The summed E-state index contributed by atoms with van der Waals surface area (Å²) in [6.45, 7) is 3.07. The van der Waals surface area contributed by atoms with Crippen LogP contribution >= 0.6 is 11.3 Å². The first-order chi connectivity index (χ1) is 9.20. The lowest BCUT2D eigenvalue weighted by molar-refractivity contribution is -0.134. The lowest BCUT2D eigenvalue weighted by atomic mass is 9.86. The molecule has 1 amide bonds. The second kappa shape index (κ2) is 5.25. The van der Waals surface area contributed by atoms with Crippen molar-refractivity contribution in [2.75, 3.05) is 26.7 Å². The summed E-state index contributed by atoms with van der Waals surface area (Å²) in [5.74, 6) is 0.307. The number of likely N-dealkylation sites (tertiary alicyclic amines) is 2. The summed E-state index contributed by atoms with van der Waals surface area (Å²) in [4.78, 5) is 18.2. The van der Waals surface area contributed by atoms with Gasteiger partial charge in [0.05, 0.1) is 6.42 Å². The second-order valence-corrected chi connectivity index (χ2v) is 6.96. The first kappa shape index (κ1) is 13.1. The number of nitrogens with zero attached hydrogens (tertiary/aromatic N) is 2. The Morgan fingerprint density at radius 2 is 2.16 bits per heavy atom. The third-order valence-corrected chi connectivity index (χ3v) is 5.64. The van der Waals surface area contributed by atoms with Crippen LogP contribution in [0.3, 0.4) is 0 Å². The van der Waals surface area contributed by atoms with E-state index in [0.717, 1.165) is 19.5 Å². The van der Waals surface area contributed by atoms with Crippen LogP contribution in [0.25, 0.3) is 0 Å². The molecule has 3 heterocycles. The Hall–Kier alpha value is -0.870. The Labute approximate surface area is 119 Å². The molecular formula is C15H22N2OS. The van der Waals surface area contributed by atoms with Gasteiger partial charge in [0.2, 0.25) is 5.91 Å². The summed E-state index contributed by atoms with van der Waals surface area (Å²) < 4.78 is 0. The second-order valence-electron chi connectivity index (χ2n) is 5.92. The smallest absolute Gasteiger partial charge is 0.227 e. The van der Waals surface area contributed by atoms with E-state index in [9.17, 15) is 4.79 Å². The molecule has 0 radical (unpaired) electrons. The number of hydrogen-bond acceptors (Lipinski definition) is 3. The van der Waals surface area contributed by atoms with Gasteiger partial charge in [-0.3, -0.25) is 9.69 Å². The van der Waals surface area contributed by atoms with Crippen LogP contribution in [0.5, 0.6) is 0 Å². The quantitative estimate of drug-likeness (QED) is 0.829. The molecule has 1 atom stereocenters. The molecule has 2 aliphatic rings. The van der Waals surface area contributed by atoms with Crippen LogP contribution < -0.4 is 0 Å². The van der Waals surface area contributed by atoms with Gasteiger partial charge in [-0.25, -0.2) is 0 Å². The van der Waals surface area contributed by atoms with Crippen molar-refractivity contribution in [1.82, 2.24) is 9.80 Å². The average Bonchev–Trinajstić information content (AvgIpc) is 3.02. The van der Waals surface area contributed by atoms with Crippen molar-refractivity contribution in [1.29, 1.82) is 0 Å².